The number of carbonyl (C=O) groups is 1. The Morgan fingerprint density at radius 1 is 0.724 bits per heavy atom. The van der Waals surface area contributed by atoms with Crippen LogP contribution in [0.1, 0.15) is 75.0 Å². The fraction of sp³-hybridized carbons (Fsp3) is 0.500. The first-order valence-corrected chi connectivity index (χ1v) is 12.3. The minimum absolute atomic E-state index is 0.164. The summed E-state index contributed by atoms with van der Waals surface area (Å²) in [7, 11) is 0. The van der Waals surface area contributed by atoms with Crippen LogP contribution in [0.25, 0.3) is 0 Å². The van der Waals surface area contributed by atoms with E-state index in [0.717, 1.165) is 5.56 Å². The Morgan fingerprint density at radius 3 is 1.72 bits per heavy atom. The van der Waals surface area contributed by atoms with Gasteiger partial charge in [-0.15, -0.1) is 11.8 Å². The van der Waals surface area contributed by atoms with Crippen molar-refractivity contribution in [2.75, 3.05) is 0 Å². The summed E-state index contributed by atoms with van der Waals surface area (Å²) in [6.45, 7) is 0. The van der Waals surface area contributed by atoms with Crippen LogP contribution in [0, 0.1) is 0 Å². The van der Waals surface area contributed by atoms with Gasteiger partial charge in [0.1, 0.15) is 5.25 Å². The van der Waals surface area contributed by atoms with Gasteiger partial charge < -0.3 is 4.90 Å². The molecule has 2 aliphatic rings. The Kier molecular flexibility index (Phi) is 7.32. The molecule has 0 bridgehead atoms. The fourth-order valence-electron chi connectivity index (χ4n) is 5.04. The third-order valence-electron chi connectivity index (χ3n) is 6.51. The molecule has 1 unspecified atom stereocenters. The maximum atomic E-state index is 14.2. The van der Waals surface area contributed by atoms with Gasteiger partial charge in [-0.2, -0.15) is 0 Å². The highest BCUT2D eigenvalue weighted by Gasteiger charge is 2.36. The SMILES string of the molecule is O=C(C(Sc1ccccc1)c1ccccc1)N(C1CCCCC1)C1CCCCC1. The number of hydrogen-bond donors (Lipinski definition) is 0. The number of thioether (sulfide) groups is 1. The van der Waals surface area contributed by atoms with Crippen LogP contribution < -0.4 is 0 Å². The summed E-state index contributed by atoms with van der Waals surface area (Å²) in [6.07, 6.45) is 12.4. The minimum atomic E-state index is -0.164. The predicted molar refractivity (Wildman–Crippen MR) is 122 cm³/mol. The van der Waals surface area contributed by atoms with E-state index in [4.69, 9.17) is 0 Å². The van der Waals surface area contributed by atoms with Gasteiger partial charge in [0.15, 0.2) is 0 Å². The lowest BCUT2D eigenvalue weighted by atomic mass is 9.88. The molecule has 2 aliphatic carbocycles. The van der Waals surface area contributed by atoms with Crippen LogP contribution in [-0.4, -0.2) is 22.9 Å². The molecule has 0 N–H and O–H groups in total. The van der Waals surface area contributed by atoms with E-state index >= 15 is 0 Å². The van der Waals surface area contributed by atoms with Gasteiger partial charge in [-0.1, -0.05) is 87.1 Å². The van der Waals surface area contributed by atoms with Crippen molar-refractivity contribution in [3.8, 4) is 0 Å². The standard InChI is InChI=1S/C26H33NOS/c28-26(27(22-15-7-2-8-16-22)23-17-9-3-10-18-23)25(21-13-5-1-6-14-21)29-24-19-11-4-12-20-24/h1,4-6,11-14,19-20,22-23,25H,2-3,7-10,15-18H2. The van der Waals surface area contributed by atoms with Crippen LogP contribution >= 0.6 is 11.8 Å². The van der Waals surface area contributed by atoms with Crippen molar-refractivity contribution in [1.29, 1.82) is 0 Å². The van der Waals surface area contributed by atoms with Crippen molar-refractivity contribution < 1.29 is 4.79 Å². The number of rotatable bonds is 6. The first-order valence-electron chi connectivity index (χ1n) is 11.4. The third-order valence-corrected chi connectivity index (χ3v) is 7.77. The Morgan fingerprint density at radius 2 is 1.21 bits per heavy atom. The highest BCUT2D eigenvalue weighted by molar-refractivity contribution is 8.00. The maximum Gasteiger partial charge on any atom is 0.241 e. The van der Waals surface area contributed by atoms with Gasteiger partial charge in [0.25, 0.3) is 0 Å². The van der Waals surface area contributed by atoms with E-state index in [-0.39, 0.29) is 5.25 Å². The molecule has 0 spiro atoms. The molecule has 4 rings (SSSR count). The number of benzene rings is 2. The molecule has 2 aromatic carbocycles. The lowest BCUT2D eigenvalue weighted by Crippen LogP contribution is -2.50. The largest absolute Gasteiger partial charge is 0.335 e. The molecular formula is C26H33NOS. The zero-order valence-electron chi connectivity index (χ0n) is 17.3. The number of carbonyl (C=O) groups excluding carboxylic acids is 1. The number of amides is 1. The normalized spacial score (nSPS) is 19.6. The molecule has 0 saturated heterocycles. The molecule has 0 radical (unpaired) electrons. The highest BCUT2D eigenvalue weighted by Crippen LogP contribution is 2.40. The topological polar surface area (TPSA) is 20.3 Å². The van der Waals surface area contributed by atoms with Gasteiger partial charge in [0.2, 0.25) is 5.91 Å². The first-order chi connectivity index (χ1) is 14.3. The Labute approximate surface area is 180 Å². The van der Waals surface area contributed by atoms with Crippen LogP contribution in [0.2, 0.25) is 0 Å². The van der Waals surface area contributed by atoms with Gasteiger partial charge in [-0.25, -0.2) is 0 Å². The smallest absolute Gasteiger partial charge is 0.241 e. The van der Waals surface area contributed by atoms with Gasteiger partial charge >= 0.3 is 0 Å². The van der Waals surface area contributed by atoms with E-state index in [2.05, 4.69) is 53.4 Å². The van der Waals surface area contributed by atoms with E-state index in [0.29, 0.717) is 18.0 Å². The summed E-state index contributed by atoms with van der Waals surface area (Å²) in [5.41, 5.74) is 1.13. The average Bonchev–Trinajstić information content (AvgIpc) is 2.80. The Bertz CT molecular complexity index is 733. The zero-order valence-corrected chi connectivity index (χ0v) is 18.2. The molecule has 2 saturated carbocycles. The summed E-state index contributed by atoms with van der Waals surface area (Å²) in [5, 5.41) is -0.164. The second-order valence-corrected chi connectivity index (χ2v) is 9.73. The van der Waals surface area contributed by atoms with Crippen LogP contribution in [0.4, 0.5) is 0 Å². The van der Waals surface area contributed by atoms with Crippen LogP contribution in [-0.2, 0) is 4.79 Å². The summed E-state index contributed by atoms with van der Waals surface area (Å²) in [4.78, 5) is 17.7. The second-order valence-electron chi connectivity index (χ2n) is 8.55. The number of nitrogens with zero attached hydrogens (tertiary/aromatic N) is 1. The highest BCUT2D eigenvalue weighted by atomic mass is 32.2. The molecule has 0 aromatic heterocycles. The average molecular weight is 408 g/mol. The van der Waals surface area contributed by atoms with Gasteiger partial charge in [0, 0.05) is 17.0 Å². The molecule has 29 heavy (non-hydrogen) atoms. The molecule has 0 aliphatic heterocycles. The van der Waals surface area contributed by atoms with E-state index in [1.807, 2.05) is 12.1 Å². The summed E-state index contributed by atoms with van der Waals surface area (Å²) < 4.78 is 0. The van der Waals surface area contributed by atoms with Crippen LogP contribution in [0.5, 0.6) is 0 Å². The van der Waals surface area contributed by atoms with E-state index in [1.165, 1.54) is 69.1 Å². The number of hydrogen-bond acceptors (Lipinski definition) is 2. The van der Waals surface area contributed by atoms with Gasteiger partial charge in [0.05, 0.1) is 0 Å². The predicted octanol–water partition coefficient (Wildman–Crippen LogP) is 7.01. The lowest BCUT2D eigenvalue weighted by molar-refractivity contribution is -0.137. The van der Waals surface area contributed by atoms with Gasteiger partial charge in [-0.3, -0.25) is 4.79 Å². The summed E-state index contributed by atoms with van der Waals surface area (Å²) in [6, 6.07) is 21.7. The Balaban J connectivity index is 1.64. The van der Waals surface area contributed by atoms with Crippen molar-refractivity contribution >= 4 is 17.7 Å². The lowest BCUT2D eigenvalue weighted by Gasteiger charge is -2.43. The maximum absolute atomic E-state index is 14.2. The van der Waals surface area contributed by atoms with Crippen molar-refractivity contribution in [1.82, 2.24) is 4.90 Å². The summed E-state index contributed by atoms with van der Waals surface area (Å²) >= 11 is 1.72. The van der Waals surface area contributed by atoms with Crippen molar-refractivity contribution in [2.45, 2.75) is 86.4 Å². The van der Waals surface area contributed by atoms with E-state index in [9.17, 15) is 4.79 Å². The quantitative estimate of drug-likeness (QED) is 0.480. The molecule has 154 valence electrons. The molecule has 1 amide bonds. The first kappa shape index (κ1) is 20.5. The summed E-state index contributed by atoms with van der Waals surface area (Å²) in [5.74, 6) is 0.337. The molecule has 1 atom stereocenters. The van der Waals surface area contributed by atoms with Crippen LogP contribution in [0.3, 0.4) is 0 Å². The third kappa shape index (κ3) is 5.25. The molecule has 0 heterocycles. The second kappa shape index (κ2) is 10.3. The molecule has 3 heteroatoms. The van der Waals surface area contributed by atoms with Crippen LogP contribution in [0.15, 0.2) is 65.6 Å². The minimum Gasteiger partial charge on any atom is -0.335 e. The van der Waals surface area contributed by atoms with Crippen molar-refractivity contribution in [3.05, 3.63) is 66.2 Å². The van der Waals surface area contributed by atoms with Crippen molar-refractivity contribution in [3.63, 3.8) is 0 Å². The molecule has 2 aromatic rings. The fourth-order valence-corrected chi connectivity index (χ4v) is 6.14. The molecular weight excluding hydrogens is 374 g/mol. The van der Waals surface area contributed by atoms with E-state index in [1.54, 1.807) is 11.8 Å². The monoisotopic (exact) mass is 407 g/mol. The van der Waals surface area contributed by atoms with Gasteiger partial charge in [-0.05, 0) is 43.4 Å². The van der Waals surface area contributed by atoms with E-state index < -0.39 is 0 Å². The molecule has 2 nitrogen and oxygen atoms in total. The Hall–Kier alpha value is -1.74. The molecule has 2 fully saturated rings. The van der Waals surface area contributed by atoms with Crippen molar-refractivity contribution in [2.24, 2.45) is 0 Å². The zero-order chi connectivity index (χ0) is 19.9.